The van der Waals surface area contributed by atoms with Crippen molar-refractivity contribution >= 4 is 116 Å². The zero-order chi connectivity index (χ0) is 107. The van der Waals surface area contributed by atoms with E-state index < -0.39 is 76.4 Å². The molecule has 8 aromatic rings. The highest BCUT2D eigenvalue weighted by molar-refractivity contribution is 7.18. The fraction of sp³-hybridized carbons (Fsp3) is 0.613. The first kappa shape index (κ1) is 113. The van der Waals surface area contributed by atoms with E-state index in [4.69, 9.17) is 4.74 Å². The normalized spacial score (nSPS) is 19.4. The van der Waals surface area contributed by atoms with Gasteiger partial charge in [0, 0.05) is 144 Å². The summed E-state index contributed by atoms with van der Waals surface area (Å²) in [4.78, 5) is 149. The van der Waals surface area contributed by atoms with Crippen LogP contribution in [0, 0.1) is 30.6 Å². The van der Waals surface area contributed by atoms with Gasteiger partial charge in [0.2, 0.25) is 0 Å². The number of aryl methyl sites for hydroxylation is 2. The quantitative estimate of drug-likeness (QED) is 0.0194. The fourth-order valence-electron chi connectivity index (χ4n) is 19.6. The smallest absolute Gasteiger partial charge is 0.280 e. The highest BCUT2D eigenvalue weighted by atomic mass is 32.1. The van der Waals surface area contributed by atoms with Crippen LogP contribution in [0.3, 0.4) is 0 Å². The Kier molecular flexibility index (Phi) is 37.7. The summed E-state index contributed by atoms with van der Waals surface area (Å²) in [5.74, 6) is -0.289. The maximum Gasteiger partial charge on any atom is 0.280 e. The van der Waals surface area contributed by atoms with Crippen molar-refractivity contribution < 1.29 is 85.5 Å². The third-order valence-corrected chi connectivity index (χ3v) is 32.8. The molecule has 34 nitrogen and oxygen atoms in total. The van der Waals surface area contributed by atoms with E-state index in [0.717, 1.165) is 126 Å². The Labute approximate surface area is 882 Å². The fourth-order valence-corrected chi connectivity index (χ4v) is 23.6. The molecule has 12 N–H and O–H groups in total. The average molecular weight is 2140 g/mol. The molecule has 12 heterocycles. The zero-order valence-electron chi connectivity index (χ0n) is 87.1. The lowest BCUT2D eigenvalue weighted by molar-refractivity contribution is 0.0191. The van der Waals surface area contributed by atoms with Crippen LogP contribution in [0.2, 0.25) is 0 Å². The minimum Gasteiger partial charge on any atom is -0.493 e. The van der Waals surface area contributed by atoms with Gasteiger partial charge in [0.25, 0.3) is 47.3 Å². The van der Waals surface area contributed by atoms with Crippen LogP contribution in [0.15, 0.2) is 49.1 Å². The van der Waals surface area contributed by atoms with E-state index in [0.29, 0.717) is 128 Å². The maximum atomic E-state index is 15.0. The lowest BCUT2D eigenvalue weighted by atomic mass is 9.54. The molecule has 5 aliphatic carbocycles. The number of aliphatic hydroxyl groups is 4. The van der Waals surface area contributed by atoms with Crippen molar-refractivity contribution in [1.82, 2.24) is 80.7 Å². The van der Waals surface area contributed by atoms with E-state index >= 15 is 4.39 Å². The van der Waals surface area contributed by atoms with Crippen LogP contribution < -0.4 is 47.3 Å². The molecule has 808 valence electrons. The predicted octanol–water partition coefficient (Wildman–Crippen LogP) is 16.9. The van der Waals surface area contributed by atoms with Crippen LogP contribution in [0.5, 0.6) is 5.75 Å². The number of anilines is 4. The third kappa shape index (κ3) is 30.7. The summed E-state index contributed by atoms with van der Waals surface area (Å²) in [5, 5.41) is 74.4. The van der Waals surface area contributed by atoms with Crippen LogP contribution >= 0.6 is 45.3 Å². The second kappa shape index (κ2) is 49.5. The molecule has 17 rings (SSSR count). The molecule has 4 aliphatic heterocycles. The first-order valence-corrected chi connectivity index (χ1v) is 55.3. The third-order valence-electron chi connectivity index (χ3n) is 28.5. The van der Waals surface area contributed by atoms with Gasteiger partial charge in [0.05, 0.1) is 60.6 Å². The Bertz CT molecular complexity index is 6070. The largest absolute Gasteiger partial charge is 0.493 e. The van der Waals surface area contributed by atoms with Gasteiger partial charge in [-0.2, -0.15) is 5.26 Å². The molecule has 5 saturated carbocycles. The number of halogens is 5. The molecule has 9 fully saturated rings. The summed E-state index contributed by atoms with van der Waals surface area (Å²) in [7, 11) is 1.57. The minimum atomic E-state index is -1.32. The average Bonchev–Trinajstić information content (AvgIpc) is 1.62. The van der Waals surface area contributed by atoms with E-state index in [1.54, 1.807) is 126 Å². The van der Waals surface area contributed by atoms with Crippen LogP contribution in [0.4, 0.5) is 45.2 Å². The molecule has 9 aliphatic rings. The van der Waals surface area contributed by atoms with Crippen molar-refractivity contribution in [2.75, 3.05) is 107 Å². The minimum absolute atomic E-state index is 0.00963. The van der Waals surface area contributed by atoms with Crippen molar-refractivity contribution in [2.45, 2.75) is 326 Å². The summed E-state index contributed by atoms with van der Waals surface area (Å²) in [5.41, 5.74) is -0.0425. The number of piperidine rings is 4. The molecule has 4 saturated heterocycles. The second-order valence-corrected chi connectivity index (χ2v) is 47.7. The molecule has 8 amide bonds. The van der Waals surface area contributed by atoms with E-state index in [9.17, 15) is 81.6 Å². The van der Waals surface area contributed by atoms with Crippen LogP contribution in [0.1, 0.15) is 334 Å². The maximum absolute atomic E-state index is 15.0. The molecular weight excluding hydrogens is 2000 g/mol. The van der Waals surface area contributed by atoms with Crippen molar-refractivity contribution in [3.8, 4) is 53.6 Å². The number of amides is 8. The molecule has 0 radical (unpaired) electrons. The Balaban J connectivity index is 0.000000157. The second-order valence-electron chi connectivity index (χ2n) is 43.7. The zero-order valence-corrected chi connectivity index (χ0v) is 90.4. The van der Waals surface area contributed by atoms with Gasteiger partial charge < -0.3 is 87.3 Å². The SMILES string of the molecule is CC(C)(O)CNC(=O)c1nc(C(=O)N2CCC(F)CC2)c(-c2cnc(NC3CCCCC3)c(C#N)c2)s1.COc1cc(-c2sc(C(=O)NCC(C)(C)O)nc2C(=O)N2CCC(F)CC2)cnc1NC1CCCCC1.Cc1cc(NC2CC3(CCC3)C2)ncc1-c1sc(C(=O)NCC(C)(C)O)nc1C(=O)N1CCC(F)CC1.Cc1cc(NC2CCCCC2(C)F)ncc1-c1sc(C(=O)NCC(C)(C)O)nc1C(=O)N1CCC(F)CC1. The van der Waals surface area contributed by atoms with Crippen LogP contribution in [-0.4, -0.2) is 290 Å². The summed E-state index contributed by atoms with van der Waals surface area (Å²) >= 11 is 4.32. The monoisotopic (exact) mass is 2140 g/mol. The van der Waals surface area contributed by atoms with Gasteiger partial charge in [-0.25, -0.2) is 61.8 Å². The molecule has 2 atom stereocenters. The highest BCUT2D eigenvalue weighted by Crippen LogP contribution is 2.57. The lowest BCUT2D eigenvalue weighted by Crippen LogP contribution is -2.49. The standard InChI is InChI=1S/C27H37F2N5O3S.C27H36FN5O3S.C26H33FN6O3S.C26H36FN5O4S/c1-16-13-20(32-19-7-5-6-10-27(19,4)29)30-14-18(16)22-21(25(36)34-11-8-17(28)9-12-34)33-24(38-22)23(35)31-15-26(2,3)37;1-16-11-20(31-18-12-27(13-18)7-4-8-27)29-14-19(16)22-21(25(35)33-9-5-17(28)6-10-33)32-24(37-22)23(34)30-15-26(2,3)36;1-26(2,36)15-30-23(34)24-32-20(25(35)33-10-8-18(27)9-11-33)21(37-24)17-12-16(13-28)22(29-14-17)31-19-6-4-3-5-7-19;1-26(2,35)15-29-23(33)24-31-20(25(34)32-11-9-17(27)10-12-32)21(37-24)16-13-19(36-3)22(28-14-16)30-18-7-5-4-6-8-18/h13-14,17,19,37H,5-12,15H2,1-4H3,(H,30,32)(H,31,35);11,14,17-18,36H,4-10,12-13,15H2,1-3H3,(H,29,31)(H,30,34);12,14,18-19,36H,3-11,15H2,1-2H3,(H,29,31)(H,30,34);13-14,17-18,35H,4-12,15H2,1-3H3,(H,28,30)(H,29,33). The number of alkyl halides is 5. The van der Waals surface area contributed by atoms with Crippen molar-refractivity contribution in [3.05, 3.63) is 109 Å². The number of nitriles is 1. The number of ether oxygens (including phenoxy) is 1. The molecular formula is C106H142F5N21O13S4. The summed E-state index contributed by atoms with van der Waals surface area (Å²) in [6.07, 6.45) is 25.9. The van der Waals surface area contributed by atoms with Gasteiger partial charge in [0.15, 0.2) is 31.6 Å². The number of nitrogens with zero attached hydrogens (tertiary/aromatic N) is 13. The Morgan fingerprint density at radius 2 is 0.745 bits per heavy atom. The van der Waals surface area contributed by atoms with Gasteiger partial charge in [-0.15, -0.1) is 45.3 Å². The topological polar surface area (TPSA) is 463 Å². The lowest BCUT2D eigenvalue weighted by Gasteiger charge is -2.54. The first-order chi connectivity index (χ1) is 70.6. The van der Waals surface area contributed by atoms with Crippen molar-refractivity contribution in [2.24, 2.45) is 5.41 Å². The molecule has 8 aromatic heterocycles. The summed E-state index contributed by atoms with van der Waals surface area (Å²) in [6.45, 7) is 20.6. The van der Waals surface area contributed by atoms with Crippen LogP contribution in [0.25, 0.3) is 41.8 Å². The first-order valence-electron chi connectivity index (χ1n) is 52.1. The van der Waals surface area contributed by atoms with Crippen LogP contribution in [-0.2, 0) is 0 Å². The van der Waals surface area contributed by atoms with E-state index in [-0.39, 0.29) is 169 Å². The number of methoxy groups -OCH3 is 1. The van der Waals surface area contributed by atoms with Gasteiger partial charge in [0.1, 0.15) is 76.7 Å². The highest BCUT2D eigenvalue weighted by Gasteiger charge is 2.49. The van der Waals surface area contributed by atoms with E-state index in [1.807, 2.05) is 26.0 Å². The molecule has 149 heavy (non-hydrogen) atoms. The van der Waals surface area contributed by atoms with Gasteiger partial charge in [-0.3, -0.25) is 38.4 Å². The van der Waals surface area contributed by atoms with Crippen molar-refractivity contribution in [1.29, 1.82) is 5.26 Å². The number of carbonyl (C=O) groups excluding carboxylic acids is 8. The molecule has 0 bridgehead atoms. The van der Waals surface area contributed by atoms with E-state index in [2.05, 4.69) is 88.5 Å². The Morgan fingerprint density at radius 1 is 0.416 bits per heavy atom. The molecule has 2 unspecified atom stereocenters. The van der Waals surface area contributed by atoms with Gasteiger partial charge in [-0.1, -0.05) is 57.8 Å². The number of hydrogen-bond donors (Lipinski definition) is 12. The van der Waals surface area contributed by atoms with Crippen molar-refractivity contribution in [3.63, 3.8) is 0 Å². The Hall–Kier alpha value is -11.1. The molecule has 43 heteroatoms. The summed E-state index contributed by atoms with van der Waals surface area (Å²) in [6, 6.07) is 10.2. The number of carbonyl (C=O) groups is 8. The predicted molar refractivity (Wildman–Crippen MR) is 566 cm³/mol. The van der Waals surface area contributed by atoms with E-state index in [1.165, 1.54) is 57.8 Å². The molecule has 0 aromatic carbocycles. The number of hydrogen-bond acceptors (Lipinski definition) is 30. The summed E-state index contributed by atoms with van der Waals surface area (Å²) < 4.78 is 75.4. The number of nitrogens with one attached hydrogen (secondary N) is 8. The molecule has 1 spiro atoms. The number of pyridine rings is 4. The number of rotatable bonds is 29. The van der Waals surface area contributed by atoms with Gasteiger partial charge in [-0.05, 0) is 233 Å². The number of aromatic nitrogens is 8. The van der Waals surface area contributed by atoms with Gasteiger partial charge >= 0.3 is 0 Å². The Morgan fingerprint density at radius 3 is 1.07 bits per heavy atom. The number of thiazole rings is 4. The number of likely N-dealkylation sites (tertiary alicyclic amines) is 4.